The number of hydrogen-bond donors (Lipinski definition) is 1. The molecule has 2 aromatic carbocycles. The maximum absolute atomic E-state index is 13.8. The van der Waals surface area contributed by atoms with Crippen LogP contribution in [-0.4, -0.2) is 37.6 Å². The first-order valence-corrected chi connectivity index (χ1v) is 8.10. The second kappa shape index (κ2) is 7.52. The summed E-state index contributed by atoms with van der Waals surface area (Å²) in [5, 5.41) is 3.38. The number of halogens is 1. The molecule has 0 aliphatic carbocycles. The summed E-state index contributed by atoms with van der Waals surface area (Å²) in [6.45, 7) is 5.70. The molecule has 0 aromatic heterocycles. The van der Waals surface area contributed by atoms with Gasteiger partial charge in [-0.25, -0.2) is 4.39 Å². The van der Waals surface area contributed by atoms with E-state index in [-0.39, 0.29) is 5.82 Å². The lowest BCUT2D eigenvalue weighted by molar-refractivity contribution is 0.238. The van der Waals surface area contributed by atoms with E-state index in [1.807, 2.05) is 24.3 Å². The van der Waals surface area contributed by atoms with Crippen LogP contribution in [0.4, 0.5) is 4.39 Å². The molecule has 2 aromatic rings. The predicted octanol–water partition coefficient (Wildman–Crippen LogP) is 3.33. The fourth-order valence-corrected chi connectivity index (χ4v) is 2.99. The van der Waals surface area contributed by atoms with Gasteiger partial charge in [-0.05, 0) is 36.6 Å². The van der Waals surface area contributed by atoms with E-state index in [1.54, 1.807) is 6.07 Å². The molecular weight excluding hydrogens is 275 g/mol. The molecule has 1 saturated heterocycles. The van der Waals surface area contributed by atoms with Crippen molar-refractivity contribution in [2.75, 3.05) is 32.7 Å². The quantitative estimate of drug-likeness (QED) is 0.911. The van der Waals surface area contributed by atoms with Crippen LogP contribution in [-0.2, 0) is 6.42 Å². The molecule has 1 heterocycles. The molecule has 3 heteroatoms. The van der Waals surface area contributed by atoms with Gasteiger partial charge in [-0.15, -0.1) is 0 Å². The zero-order valence-corrected chi connectivity index (χ0v) is 12.9. The van der Waals surface area contributed by atoms with Crippen molar-refractivity contribution in [1.29, 1.82) is 0 Å². The first kappa shape index (κ1) is 15.2. The van der Waals surface area contributed by atoms with Crippen molar-refractivity contribution in [3.8, 4) is 11.1 Å². The standard InChI is InChI=1S/C19H23FN2/c20-19-6-2-1-5-18(19)17-9-7-16(8-10-17)4-3-13-22-14-11-21-12-15-22/h1-2,5-10,21H,3-4,11-15H2. The molecule has 0 saturated carbocycles. The fourth-order valence-electron chi connectivity index (χ4n) is 2.99. The van der Waals surface area contributed by atoms with E-state index in [9.17, 15) is 4.39 Å². The maximum atomic E-state index is 13.8. The van der Waals surface area contributed by atoms with Gasteiger partial charge in [0.15, 0.2) is 0 Å². The Balaban J connectivity index is 1.54. The van der Waals surface area contributed by atoms with E-state index in [0.717, 1.165) is 44.7 Å². The summed E-state index contributed by atoms with van der Waals surface area (Å²) in [4.78, 5) is 2.52. The third kappa shape index (κ3) is 3.93. The molecule has 2 nitrogen and oxygen atoms in total. The van der Waals surface area contributed by atoms with E-state index in [0.29, 0.717) is 5.56 Å². The molecule has 1 aliphatic rings. The minimum absolute atomic E-state index is 0.158. The average molecular weight is 298 g/mol. The van der Waals surface area contributed by atoms with Gasteiger partial charge in [0.1, 0.15) is 5.82 Å². The lowest BCUT2D eigenvalue weighted by Gasteiger charge is -2.27. The van der Waals surface area contributed by atoms with E-state index >= 15 is 0 Å². The molecule has 0 radical (unpaired) electrons. The second-order valence-corrected chi connectivity index (χ2v) is 5.87. The fraction of sp³-hybridized carbons (Fsp3) is 0.368. The Morgan fingerprint density at radius 3 is 2.41 bits per heavy atom. The van der Waals surface area contributed by atoms with Gasteiger partial charge in [-0.3, -0.25) is 0 Å². The highest BCUT2D eigenvalue weighted by atomic mass is 19.1. The molecule has 1 aliphatic heterocycles. The number of benzene rings is 2. The van der Waals surface area contributed by atoms with Crippen LogP contribution in [0.1, 0.15) is 12.0 Å². The van der Waals surface area contributed by atoms with Gasteiger partial charge >= 0.3 is 0 Å². The van der Waals surface area contributed by atoms with E-state index in [4.69, 9.17) is 0 Å². The van der Waals surface area contributed by atoms with Crippen molar-refractivity contribution in [3.63, 3.8) is 0 Å². The Morgan fingerprint density at radius 1 is 0.955 bits per heavy atom. The van der Waals surface area contributed by atoms with Crippen LogP contribution in [0.5, 0.6) is 0 Å². The Bertz CT molecular complexity index is 589. The van der Waals surface area contributed by atoms with Crippen LogP contribution in [0.3, 0.4) is 0 Å². The zero-order chi connectivity index (χ0) is 15.2. The van der Waals surface area contributed by atoms with Crippen molar-refractivity contribution in [2.24, 2.45) is 0 Å². The molecule has 0 atom stereocenters. The van der Waals surface area contributed by atoms with Crippen molar-refractivity contribution >= 4 is 0 Å². The first-order valence-electron chi connectivity index (χ1n) is 8.10. The zero-order valence-electron chi connectivity index (χ0n) is 12.9. The van der Waals surface area contributed by atoms with Gasteiger partial charge in [-0.1, -0.05) is 42.5 Å². The van der Waals surface area contributed by atoms with Crippen LogP contribution >= 0.6 is 0 Å². The van der Waals surface area contributed by atoms with Crippen molar-refractivity contribution in [2.45, 2.75) is 12.8 Å². The molecule has 0 spiro atoms. The highest BCUT2D eigenvalue weighted by molar-refractivity contribution is 5.64. The number of hydrogen-bond acceptors (Lipinski definition) is 2. The van der Waals surface area contributed by atoms with Crippen molar-refractivity contribution < 1.29 is 4.39 Å². The molecule has 0 bridgehead atoms. The summed E-state index contributed by atoms with van der Waals surface area (Å²) < 4.78 is 13.8. The molecule has 1 fully saturated rings. The third-order valence-electron chi connectivity index (χ3n) is 4.29. The third-order valence-corrected chi connectivity index (χ3v) is 4.29. The topological polar surface area (TPSA) is 15.3 Å². The van der Waals surface area contributed by atoms with Gasteiger partial charge in [0.25, 0.3) is 0 Å². The number of rotatable bonds is 5. The van der Waals surface area contributed by atoms with Crippen molar-refractivity contribution in [3.05, 3.63) is 59.9 Å². The van der Waals surface area contributed by atoms with Crippen LogP contribution < -0.4 is 5.32 Å². The number of aryl methyl sites for hydroxylation is 1. The molecule has 1 N–H and O–H groups in total. The SMILES string of the molecule is Fc1ccccc1-c1ccc(CCCN2CCNCC2)cc1. The lowest BCUT2D eigenvalue weighted by Crippen LogP contribution is -2.43. The monoisotopic (exact) mass is 298 g/mol. The van der Waals surface area contributed by atoms with Crippen LogP contribution in [0.15, 0.2) is 48.5 Å². The Labute approximate surface area is 132 Å². The molecular formula is C19H23FN2. The Morgan fingerprint density at radius 2 is 1.68 bits per heavy atom. The lowest BCUT2D eigenvalue weighted by atomic mass is 10.0. The first-order chi connectivity index (χ1) is 10.8. The van der Waals surface area contributed by atoms with Gasteiger partial charge in [0.05, 0.1) is 0 Å². The maximum Gasteiger partial charge on any atom is 0.131 e. The average Bonchev–Trinajstić information content (AvgIpc) is 2.57. The molecule has 0 unspecified atom stereocenters. The Hall–Kier alpha value is -1.71. The smallest absolute Gasteiger partial charge is 0.131 e. The second-order valence-electron chi connectivity index (χ2n) is 5.87. The molecule has 22 heavy (non-hydrogen) atoms. The van der Waals surface area contributed by atoms with Gasteiger partial charge < -0.3 is 10.2 Å². The summed E-state index contributed by atoms with van der Waals surface area (Å²) in [5.74, 6) is -0.158. The highest BCUT2D eigenvalue weighted by Gasteiger charge is 2.08. The van der Waals surface area contributed by atoms with E-state index < -0.39 is 0 Å². The highest BCUT2D eigenvalue weighted by Crippen LogP contribution is 2.23. The molecule has 3 rings (SSSR count). The summed E-state index contributed by atoms with van der Waals surface area (Å²) >= 11 is 0. The summed E-state index contributed by atoms with van der Waals surface area (Å²) in [5.41, 5.74) is 2.95. The summed E-state index contributed by atoms with van der Waals surface area (Å²) in [7, 11) is 0. The van der Waals surface area contributed by atoms with Crippen molar-refractivity contribution in [1.82, 2.24) is 10.2 Å². The van der Waals surface area contributed by atoms with E-state index in [1.165, 1.54) is 18.1 Å². The largest absolute Gasteiger partial charge is 0.314 e. The van der Waals surface area contributed by atoms with Gasteiger partial charge in [0, 0.05) is 31.7 Å². The van der Waals surface area contributed by atoms with Gasteiger partial charge in [0.2, 0.25) is 0 Å². The molecule has 116 valence electrons. The normalized spacial score (nSPS) is 15.9. The number of piperazine rings is 1. The predicted molar refractivity (Wildman–Crippen MR) is 89.5 cm³/mol. The van der Waals surface area contributed by atoms with Crippen LogP contribution in [0.2, 0.25) is 0 Å². The number of nitrogens with zero attached hydrogens (tertiary/aromatic N) is 1. The summed E-state index contributed by atoms with van der Waals surface area (Å²) in [6, 6.07) is 15.2. The minimum Gasteiger partial charge on any atom is -0.314 e. The van der Waals surface area contributed by atoms with Gasteiger partial charge in [-0.2, -0.15) is 0 Å². The Kier molecular flexibility index (Phi) is 5.20. The summed E-state index contributed by atoms with van der Waals surface area (Å²) in [6.07, 6.45) is 2.26. The number of nitrogens with one attached hydrogen (secondary N) is 1. The minimum atomic E-state index is -0.158. The molecule has 0 amide bonds. The van der Waals surface area contributed by atoms with Crippen LogP contribution in [0.25, 0.3) is 11.1 Å². The van der Waals surface area contributed by atoms with E-state index in [2.05, 4.69) is 22.3 Å². The van der Waals surface area contributed by atoms with Crippen LogP contribution in [0, 0.1) is 5.82 Å².